The molecule has 2 aliphatic rings. The summed E-state index contributed by atoms with van der Waals surface area (Å²) in [7, 11) is 0. The predicted octanol–water partition coefficient (Wildman–Crippen LogP) is 2.83. The Morgan fingerprint density at radius 1 is 1.14 bits per heavy atom. The van der Waals surface area contributed by atoms with Gasteiger partial charge in [0.05, 0.1) is 0 Å². The first kappa shape index (κ1) is 14.6. The molecule has 2 fully saturated rings. The van der Waals surface area contributed by atoms with Gasteiger partial charge in [-0.15, -0.1) is 0 Å². The number of nitrogens with one attached hydrogen (secondary N) is 2. The molecule has 2 aliphatic carbocycles. The van der Waals surface area contributed by atoms with Gasteiger partial charge in [-0.05, 0) is 50.1 Å². The zero-order valence-corrected chi connectivity index (χ0v) is 12.8. The van der Waals surface area contributed by atoms with Crippen LogP contribution in [0.15, 0.2) is 30.3 Å². The molecular weight excluding hydrogens is 260 g/mol. The Hall–Kier alpha value is -1.35. The van der Waals surface area contributed by atoms with E-state index < -0.39 is 0 Å². The van der Waals surface area contributed by atoms with Crippen LogP contribution in [-0.2, 0) is 4.79 Å². The van der Waals surface area contributed by atoms with Crippen LogP contribution in [0, 0.1) is 5.92 Å². The smallest absolute Gasteiger partial charge is 0.217 e. The third-order valence-electron chi connectivity index (χ3n) is 4.94. The second-order valence-electron chi connectivity index (χ2n) is 6.69. The molecule has 0 aliphatic heterocycles. The molecular formula is C18H26N2O. The number of rotatable bonds is 5. The molecule has 0 bridgehead atoms. The average Bonchev–Trinajstić information content (AvgIpc) is 3.27. The summed E-state index contributed by atoms with van der Waals surface area (Å²) in [6.07, 6.45) is 6.03. The maximum atomic E-state index is 11.1. The van der Waals surface area contributed by atoms with E-state index in [4.69, 9.17) is 0 Å². The summed E-state index contributed by atoms with van der Waals surface area (Å²) in [6.45, 7) is 2.76. The van der Waals surface area contributed by atoms with Crippen molar-refractivity contribution in [3.63, 3.8) is 0 Å². The van der Waals surface area contributed by atoms with Crippen LogP contribution in [-0.4, -0.2) is 24.5 Å². The predicted molar refractivity (Wildman–Crippen MR) is 85.2 cm³/mol. The highest BCUT2D eigenvalue weighted by Crippen LogP contribution is 2.40. The Bertz CT molecular complexity index is 465. The van der Waals surface area contributed by atoms with Crippen LogP contribution in [0.25, 0.3) is 0 Å². The van der Waals surface area contributed by atoms with E-state index in [-0.39, 0.29) is 5.91 Å². The molecule has 0 heterocycles. The van der Waals surface area contributed by atoms with Crippen molar-refractivity contribution >= 4 is 5.91 Å². The van der Waals surface area contributed by atoms with E-state index >= 15 is 0 Å². The van der Waals surface area contributed by atoms with Gasteiger partial charge in [0, 0.05) is 24.9 Å². The lowest BCUT2D eigenvalue weighted by Gasteiger charge is -2.29. The summed E-state index contributed by atoms with van der Waals surface area (Å²) in [5, 5.41) is 6.79. The first-order valence-corrected chi connectivity index (χ1v) is 8.28. The molecule has 21 heavy (non-hydrogen) atoms. The van der Waals surface area contributed by atoms with Crippen LogP contribution in [0.5, 0.6) is 0 Å². The van der Waals surface area contributed by atoms with E-state index in [1.165, 1.54) is 24.8 Å². The van der Waals surface area contributed by atoms with Gasteiger partial charge in [0.2, 0.25) is 5.91 Å². The zero-order valence-electron chi connectivity index (χ0n) is 12.8. The minimum absolute atomic E-state index is 0.111. The van der Waals surface area contributed by atoms with Gasteiger partial charge in [-0.1, -0.05) is 30.3 Å². The minimum atomic E-state index is 0.111. The highest BCUT2D eigenvalue weighted by atomic mass is 16.1. The van der Waals surface area contributed by atoms with Crippen molar-refractivity contribution in [1.82, 2.24) is 10.6 Å². The van der Waals surface area contributed by atoms with Gasteiger partial charge in [-0.2, -0.15) is 0 Å². The summed E-state index contributed by atoms with van der Waals surface area (Å²) in [5.41, 5.74) is 1.48. The van der Waals surface area contributed by atoms with E-state index in [0.717, 1.165) is 31.2 Å². The molecule has 1 aromatic carbocycles. The summed E-state index contributed by atoms with van der Waals surface area (Å²) in [6, 6.07) is 11.9. The lowest BCUT2D eigenvalue weighted by Crippen LogP contribution is -2.38. The second kappa shape index (κ2) is 6.61. The Labute approximate surface area is 127 Å². The summed E-state index contributed by atoms with van der Waals surface area (Å²) >= 11 is 0. The maximum Gasteiger partial charge on any atom is 0.217 e. The molecule has 3 heteroatoms. The average molecular weight is 286 g/mol. The molecule has 1 aromatic rings. The Balaban J connectivity index is 1.35. The van der Waals surface area contributed by atoms with Gasteiger partial charge in [0.1, 0.15) is 0 Å². The molecule has 2 saturated carbocycles. The molecule has 3 rings (SSSR count). The lowest BCUT2D eigenvalue weighted by atomic mass is 9.86. The van der Waals surface area contributed by atoms with Crippen molar-refractivity contribution in [2.45, 2.75) is 57.0 Å². The number of carbonyl (C=O) groups is 1. The molecule has 0 saturated heterocycles. The lowest BCUT2D eigenvalue weighted by molar-refractivity contribution is -0.119. The van der Waals surface area contributed by atoms with E-state index in [1.54, 1.807) is 6.92 Å². The van der Waals surface area contributed by atoms with Crippen LogP contribution in [0.2, 0.25) is 0 Å². The fourth-order valence-electron chi connectivity index (χ4n) is 3.61. The minimum Gasteiger partial charge on any atom is -0.354 e. The monoisotopic (exact) mass is 286 g/mol. The van der Waals surface area contributed by atoms with Crippen molar-refractivity contribution in [1.29, 1.82) is 0 Å². The van der Waals surface area contributed by atoms with E-state index in [1.807, 2.05) is 0 Å². The van der Waals surface area contributed by atoms with Crippen molar-refractivity contribution in [3.8, 4) is 0 Å². The van der Waals surface area contributed by atoms with Gasteiger partial charge < -0.3 is 10.6 Å². The third kappa shape index (κ3) is 4.07. The Morgan fingerprint density at radius 3 is 2.52 bits per heavy atom. The molecule has 0 spiro atoms. The highest BCUT2D eigenvalue weighted by molar-refractivity contribution is 5.73. The van der Waals surface area contributed by atoms with Crippen LogP contribution in [0.4, 0.5) is 0 Å². The van der Waals surface area contributed by atoms with E-state index in [0.29, 0.717) is 12.1 Å². The fraction of sp³-hybridized carbons (Fsp3) is 0.611. The molecule has 0 radical (unpaired) electrons. The van der Waals surface area contributed by atoms with Crippen molar-refractivity contribution in [2.75, 3.05) is 6.54 Å². The third-order valence-corrected chi connectivity index (χ3v) is 4.94. The topological polar surface area (TPSA) is 41.1 Å². The first-order valence-electron chi connectivity index (χ1n) is 8.28. The normalized spacial score (nSPS) is 31.7. The Morgan fingerprint density at radius 2 is 1.86 bits per heavy atom. The molecule has 2 N–H and O–H groups in total. The van der Waals surface area contributed by atoms with Gasteiger partial charge in [0.25, 0.3) is 0 Å². The van der Waals surface area contributed by atoms with Gasteiger partial charge in [-0.3, -0.25) is 4.79 Å². The van der Waals surface area contributed by atoms with Crippen molar-refractivity contribution in [3.05, 3.63) is 35.9 Å². The second-order valence-corrected chi connectivity index (χ2v) is 6.69. The molecule has 1 amide bonds. The largest absolute Gasteiger partial charge is 0.354 e. The summed E-state index contributed by atoms with van der Waals surface area (Å²) in [5.74, 6) is 1.62. The molecule has 3 nitrogen and oxygen atoms in total. The van der Waals surface area contributed by atoms with Crippen LogP contribution in [0.1, 0.15) is 50.5 Å². The van der Waals surface area contributed by atoms with Crippen LogP contribution < -0.4 is 10.6 Å². The van der Waals surface area contributed by atoms with E-state index in [2.05, 4.69) is 41.0 Å². The fourth-order valence-corrected chi connectivity index (χ4v) is 3.61. The summed E-state index contributed by atoms with van der Waals surface area (Å²) < 4.78 is 0. The van der Waals surface area contributed by atoms with Crippen LogP contribution in [0.3, 0.4) is 0 Å². The molecule has 2 unspecified atom stereocenters. The van der Waals surface area contributed by atoms with Crippen LogP contribution >= 0.6 is 0 Å². The van der Waals surface area contributed by atoms with Crippen molar-refractivity contribution in [2.24, 2.45) is 5.92 Å². The maximum absolute atomic E-state index is 11.1. The number of hydrogen-bond acceptors (Lipinski definition) is 2. The van der Waals surface area contributed by atoms with Crippen molar-refractivity contribution < 1.29 is 4.79 Å². The quantitative estimate of drug-likeness (QED) is 0.874. The van der Waals surface area contributed by atoms with Gasteiger partial charge in [0.15, 0.2) is 0 Å². The zero-order chi connectivity index (χ0) is 14.7. The number of hydrogen-bond donors (Lipinski definition) is 2. The standard InChI is InChI=1S/C18H26N2O/c1-13(21)20-16-9-7-14(8-10-16)12-19-18-11-17(18)15-5-3-2-4-6-15/h2-6,14,16-19H,7-12H2,1H3,(H,20,21)/t14-,16-,17?,18?. The Kier molecular flexibility index (Phi) is 4.59. The van der Waals surface area contributed by atoms with Gasteiger partial charge in [-0.25, -0.2) is 0 Å². The van der Waals surface area contributed by atoms with Gasteiger partial charge >= 0.3 is 0 Å². The molecule has 2 atom stereocenters. The van der Waals surface area contributed by atoms with E-state index in [9.17, 15) is 4.79 Å². The summed E-state index contributed by atoms with van der Waals surface area (Å²) in [4.78, 5) is 11.1. The number of amides is 1. The number of benzene rings is 1. The SMILES string of the molecule is CC(=O)N[C@H]1CC[C@H](CNC2CC2c2ccccc2)CC1. The highest BCUT2D eigenvalue weighted by Gasteiger charge is 2.38. The number of carbonyl (C=O) groups excluding carboxylic acids is 1. The molecule has 0 aromatic heterocycles. The first-order chi connectivity index (χ1) is 10.2. The molecule has 114 valence electrons.